The van der Waals surface area contributed by atoms with Crippen LogP contribution in [0.25, 0.3) is 0 Å². The molecular weight excluding hydrogens is 208 g/mol. The predicted molar refractivity (Wildman–Crippen MR) is 60.4 cm³/mol. The molecule has 1 heterocycles. The molecule has 0 bridgehead atoms. The molecule has 76 valence electrons. The van der Waals surface area contributed by atoms with Crippen LogP contribution in [-0.4, -0.2) is 0 Å². The Labute approximate surface area is 92.1 Å². The molecule has 3 nitrogen and oxygen atoms in total. The summed E-state index contributed by atoms with van der Waals surface area (Å²) in [6.07, 6.45) is 1.49. The van der Waals surface area contributed by atoms with Gasteiger partial charge in [-0.1, -0.05) is 0 Å². The highest BCUT2D eigenvalue weighted by Gasteiger charge is 2.05. The zero-order valence-electron chi connectivity index (χ0n) is 7.96. The monoisotopic (exact) mass is 218 g/mol. The van der Waals surface area contributed by atoms with Crippen LogP contribution in [-0.2, 0) is 0 Å². The van der Waals surface area contributed by atoms with Gasteiger partial charge in [0.1, 0.15) is 0 Å². The summed E-state index contributed by atoms with van der Waals surface area (Å²) in [6, 6.07) is 12.8. The Morgan fingerprint density at radius 3 is 2.47 bits per heavy atom. The Balaban J connectivity index is 2.22. The van der Waals surface area contributed by atoms with Crippen molar-refractivity contribution in [2.45, 2.75) is 9.92 Å². The quantitative estimate of drug-likeness (QED) is 0.477. The second-order valence-corrected chi connectivity index (χ2v) is 4.13. The maximum absolute atomic E-state index is 11.4. The summed E-state index contributed by atoms with van der Waals surface area (Å²) < 4.78 is 0.848. The van der Waals surface area contributed by atoms with Crippen molar-refractivity contribution in [2.75, 3.05) is 5.73 Å². The van der Waals surface area contributed by atoms with E-state index in [1.165, 1.54) is 18.0 Å². The van der Waals surface area contributed by atoms with Crippen LogP contribution >= 0.6 is 11.8 Å². The maximum Gasteiger partial charge on any atom is 0.256 e. The molecule has 0 saturated heterocycles. The molecule has 0 saturated carbocycles. The van der Waals surface area contributed by atoms with Gasteiger partial charge in [-0.25, -0.2) is 0 Å². The van der Waals surface area contributed by atoms with Gasteiger partial charge in [-0.2, -0.15) is 4.73 Å². The average Bonchev–Trinajstić information content (AvgIpc) is 2.25. The molecular formula is C11H10N2OS. The lowest BCUT2D eigenvalue weighted by molar-refractivity contribution is -0.645. The Morgan fingerprint density at radius 2 is 1.80 bits per heavy atom. The van der Waals surface area contributed by atoms with E-state index in [1.807, 2.05) is 30.3 Å². The molecule has 0 spiro atoms. The van der Waals surface area contributed by atoms with E-state index in [2.05, 4.69) is 0 Å². The highest BCUT2D eigenvalue weighted by atomic mass is 32.2. The van der Waals surface area contributed by atoms with Crippen LogP contribution in [0.15, 0.2) is 58.6 Å². The van der Waals surface area contributed by atoms with E-state index < -0.39 is 0 Å². The largest absolute Gasteiger partial charge is 0.618 e. The summed E-state index contributed by atoms with van der Waals surface area (Å²) in [5.74, 6) is 0. The first-order valence-electron chi connectivity index (χ1n) is 4.47. The van der Waals surface area contributed by atoms with E-state index in [0.717, 1.165) is 15.3 Å². The number of anilines is 1. The van der Waals surface area contributed by atoms with Crippen LogP contribution in [0.1, 0.15) is 0 Å². The normalized spacial score (nSPS) is 10.1. The average molecular weight is 218 g/mol. The lowest BCUT2D eigenvalue weighted by atomic mass is 10.3. The van der Waals surface area contributed by atoms with E-state index in [9.17, 15) is 5.21 Å². The molecule has 15 heavy (non-hydrogen) atoms. The van der Waals surface area contributed by atoms with Gasteiger partial charge < -0.3 is 10.9 Å². The predicted octanol–water partition coefficient (Wildman–Crippen LogP) is 2.05. The minimum absolute atomic E-state index is 0.655. The van der Waals surface area contributed by atoms with E-state index in [-0.39, 0.29) is 0 Å². The van der Waals surface area contributed by atoms with Crippen LogP contribution in [0.4, 0.5) is 5.69 Å². The molecule has 2 rings (SSSR count). The lowest BCUT2D eigenvalue weighted by Crippen LogP contribution is -2.27. The van der Waals surface area contributed by atoms with Crippen LogP contribution in [0, 0.1) is 5.21 Å². The molecule has 1 aromatic heterocycles. The third kappa shape index (κ3) is 2.41. The summed E-state index contributed by atoms with van der Waals surface area (Å²) in [5, 5.41) is 12.0. The van der Waals surface area contributed by atoms with Crippen LogP contribution in [0.3, 0.4) is 0 Å². The lowest BCUT2D eigenvalue weighted by Gasteiger charge is -2.03. The third-order valence-corrected chi connectivity index (χ3v) is 2.92. The summed E-state index contributed by atoms with van der Waals surface area (Å²) in [7, 11) is 0. The van der Waals surface area contributed by atoms with Gasteiger partial charge in [0.25, 0.3) is 5.03 Å². The van der Waals surface area contributed by atoms with Gasteiger partial charge >= 0.3 is 0 Å². The van der Waals surface area contributed by atoms with E-state index in [1.54, 1.807) is 12.1 Å². The number of aromatic nitrogens is 1. The Bertz CT molecular complexity index is 456. The number of benzene rings is 1. The number of pyridine rings is 1. The summed E-state index contributed by atoms with van der Waals surface area (Å²) in [4.78, 5) is 1.00. The fourth-order valence-electron chi connectivity index (χ4n) is 1.15. The van der Waals surface area contributed by atoms with Gasteiger partial charge in [-0.05, 0) is 42.1 Å². The Morgan fingerprint density at radius 1 is 1.07 bits per heavy atom. The van der Waals surface area contributed by atoms with Crippen molar-refractivity contribution >= 4 is 17.4 Å². The molecule has 4 heteroatoms. The number of hydrogen-bond donors (Lipinski definition) is 1. The van der Waals surface area contributed by atoms with Crippen LogP contribution < -0.4 is 10.5 Å². The zero-order valence-corrected chi connectivity index (χ0v) is 8.78. The maximum atomic E-state index is 11.4. The summed E-state index contributed by atoms with van der Waals surface area (Å²) >= 11 is 1.42. The van der Waals surface area contributed by atoms with Gasteiger partial charge in [0.05, 0.1) is 0 Å². The zero-order chi connectivity index (χ0) is 10.7. The second kappa shape index (κ2) is 4.23. The Hall–Kier alpha value is -1.68. The highest BCUT2D eigenvalue weighted by Crippen LogP contribution is 2.25. The topological polar surface area (TPSA) is 53.0 Å². The van der Waals surface area contributed by atoms with Crippen LogP contribution in [0.2, 0.25) is 0 Å². The minimum atomic E-state index is 0.655. The van der Waals surface area contributed by atoms with Gasteiger partial charge in [0.2, 0.25) is 0 Å². The number of nitrogens with zero attached hydrogens (tertiary/aromatic N) is 1. The molecule has 0 aliphatic heterocycles. The van der Waals surface area contributed by atoms with Gasteiger partial charge in [-0.15, -0.1) is 0 Å². The van der Waals surface area contributed by atoms with Crippen LogP contribution in [0.5, 0.6) is 0 Å². The third-order valence-electron chi connectivity index (χ3n) is 1.89. The first-order valence-corrected chi connectivity index (χ1v) is 5.29. The number of nitrogens with two attached hydrogens (primary N) is 1. The fraction of sp³-hybridized carbons (Fsp3) is 0. The van der Waals surface area contributed by atoms with E-state index >= 15 is 0 Å². The molecule has 1 aromatic carbocycles. The number of rotatable bonds is 2. The summed E-state index contributed by atoms with van der Waals surface area (Å²) in [5.41, 5.74) is 6.30. The smallest absolute Gasteiger partial charge is 0.256 e. The highest BCUT2D eigenvalue weighted by molar-refractivity contribution is 7.99. The van der Waals surface area contributed by atoms with Crippen molar-refractivity contribution in [1.82, 2.24) is 0 Å². The molecule has 0 radical (unpaired) electrons. The number of nitrogen functional groups attached to an aromatic ring is 1. The molecule has 2 aromatic rings. The SMILES string of the molecule is Nc1ccc(Sc2cccc[n+]2[O-])cc1. The Kier molecular flexibility index (Phi) is 2.78. The first kappa shape index (κ1) is 9.86. The summed E-state index contributed by atoms with van der Waals surface area (Å²) in [6.45, 7) is 0. The molecule has 0 atom stereocenters. The van der Waals surface area contributed by atoms with Gasteiger partial charge in [0, 0.05) is 22.7 Å². The van der Waals surface area contributed by atoms with Crippen molar-refractivity contribution in [3.05, 3.63) is 53.9 Å². The fourth-order valence-corrected chi connectivity index (χ4v) is 1.96. The molecule has 0 amide bonds. The van der Waals surface area contributed by atoms with E-state index in [0.29, 0.717) is 5.03 Å². The van der Waals surface area contributed by atoms with E-state index in [4.69, 9.17) is 5.73 Å². The molecule has 0 fully saturated rings. The van der Waals surface area contributed by atoms with Crippen molar-refractivity contribution in [1.29, 1.82) is 0 Å². The molecule has 0 unspecified atom stereocenters. The second-order valence-electron chi connectivity index (χ2n) is 3.04. The van der Waals surface area contributed by atoms with Crippen molar-refractivity contribution in [3.63, 3.8) is 0 Å². The molecule has 2 N–H and O–H groups in total. The van der Waals surface area contributed by atoms with Gasteiger partial charge in [-0.3, -0.25) is 0 Å². The van der Waals surface area contributed by atoms with Gasteiger partial charge in [0.15, 0.2) is 6.20 Å². The number of hydrogen-bond acceptors (Lipinski definition) is 3. The van der Waals surface area contributed by atoms with Crippen molar-refractivity contribution in [3.8, 4) is 0 Å². The standard InChI is InChI=1S/C11H10N2OS/c12-9-4-6-10(7-5-9)15-11-3-1-2-8-13(11)14/h1-8H,12H2. The molecule has 0 aliphatic rings. The van der Waals surface area contributed by atoms with Crippen molar-refractivity contribution < 1.29 is 4.73 Å². The minimum Gasteiger partial charge on any atom is -0.618 e. The first-order chi connectivity index (χ1) is 7.25. The van der Waals surface area contributed by atoms with Crippen molar-refractivity contribution in [2.24, 2.45) is 0 Å². The molecule has 0 aliphatic carbocycles.